The van der Waals surface area contributed by atoms with Crippen LogP contribution in [0.15, 0.2) is 0 Å². The Balaban J connectivity index is 1.35. The van der Waals surface area contributed by atoms with Gasteiger partial charge in [-0.05, 0) is 69.6 Å². The predicted octanol–water partition coefficient (Wildman–Crippen LogP) is 3.32. The number of fused-ring (bicyclic) bond motifs is 4. The fraction of sp³-hybridized carbons (Fsp3) is 0.895. The van der Waals surface area contributed by atoms with Crippen molar-refractivity contribution in [2.24, 2.45) is 35.5 Å². The van der Waals surface area contributed by atoms with Crippen LogP contribution in [0.25, 0.3) is 0 Å². The number of carbonyl (C=O) groups excluding carboxylic acids is 2. The zero-order valence-electron chi connectivity index (χ0n) is 13.7. The highest BCUT2D eigenvalue weighted by molar-refractivity contribution is 5.88. The van der Waals surface area contributed by atoms with Gasteiger partial charge in [0.15, 0.2) is 0 Å². The van der Waals surface area contributed by atoms with Gasteiger partial charge in [0.05, 0.1) is 0 Å². The van der Waals surface area contributed by atoms with Gasteiger partial charge in [0.25, 0.3) is 0 Å². The third-order valence-corrected chi connectivity index (χ3v) is 7.22. The Morgan fingerprint density at radius 2 is 1.77 bits per heavy atom. The molecule has 0 aliphatic heterocycles. The summed E-state index contributed by atoms with van der Waals surface area (Å²) in [4.78, 5) is 24.8. The monoisotopic (exact) mass is 303 g/mol. The van der Waals surface area contributed by atoms with E-state index >= 15 is 0 Å². The van der Waals surface area contributed by atoms with Crippen molar-refractivity contribution in [2.45, 2.75) is 70.8 Å². The van der Waals surface area contributed by atoms with Gasteiger partial charge in [-0.1, -0.05) is 12.8 Å². The van der Waals surface area contributed by atoms with Crippen molar-refractivity contribution in [3.05, 3.63) is 0 Å². The van der Waals surface area contributed by atoms with Crippen LogP contribution in [0, 0.1) is 35.5 Å². The van der Waals surface area contributed by atoms with Crippen LogP contribution >= 0.6 is 0 Å². The van der Waals surface area contributed by atoms with Crippen molar-refractivity contribution in [1.29, 1.82) is 0 Å². The van der Waals surface area contributed by atoms with Gasteiger partial charge in [-0.2, -0.15) is 0 Å². The summed E-state index contributed by atoms with van der Waals surface area (Å²) in [5, 5.41) is 3.33. The standard InChI is InChI=1S/C19H29NO2/c1-11(17-8-12-5-6-13(17)7-12)20-19(22)16-9-14-3-2-4-15(10-16)18(14)21/h11-17H,2-10H2,1H3,(H,20,22)/t11-,12+,13+,14-,15+,16?,17-/m1/s1. The smallest absolute Gasteiger partial charge is 0.223 e. The number of ketones is 1. The van der Waals surface area contributed by atoms with E-state index in [1.54, 1.807) is 0 Å². The minimum atomic E-state index is 0.0917. The van der Waals surface area contributed by atoms with Gasteiger partial charge < -0.3 is 5.32 Å². The summed E-state index contributed by atoms with van der Waals surface area (Å²) in [6.45, 7) is 2.21. The minimum absolute atomic E-state index is 0.0917. The first-order chi connectivity index (χ1) is 10.6. The lowest BCUT2D eigenvalue weighted by Gasteiger charge is -2.38. The number of hydrogen-bond donors (Lipinski definition) is 1. The predicted molar refractivity (Wildman–Crippen MR) is 85.1 cm³/mol. The van der Waals surface area contributed by atoms with Crippen molar-refractivity contribution in [3.8, 4) is 0 Å². The van der Waals surface area contributed by atoms with E-state index in [4.69, 9.17) is 0 Å². The van der Waals surface area contributed by atoms with Crippen LogP contribution in [0.4, 0.5) is 0 Å². The highest BCUT2D eigenvalue weighted by Crippen LogP contribution is 2.49. The van der Waals surface area contributed by atoms with Crippen molar-refractivity contribution in [3.63, 3.8) is 0 Å². The summed E-state index contributed by atoms with van der Waals surface area (Å²) in [6, 6.07) is 0.320. The summed E-state index contributed by atoms with van der Waals surface area (Å²) < 4.78 is 0. The Hall–Kier alpha value is -0.860. The van der Waals surface area contributed by atoms with Crippen LogP contribution in [-0.4, -0.2) is 17.7 Å². The zero-order valence-corrected chi connectivity index (χ0v) is 13.7. The first-order valence-electron chi connectivity index (χ1n) is 9.46. The molecule has 4 saturated carbocycles. The molecule has 1 N–H and O–H groups in total. The number of amides is 1. The maximum Gasteiger partial charge on any atom is 0.223 e. The molecule has 4 rings (SSSR count). The molecule has 0 spiro atoms. The van der Waals surface area contributed by atoms with Gasteiger partial charge in [-0.3, -0.25) is 9.59 Å². The Kier molecular flexibility index (Phi) is 3.78. The molecule has 122 valence electrons. The molecule has 0 radical (unpaired) electrons. The molecule has 4 fully saturated rings. The topological polar surface area (TPSA) is 46.2 Å². The minimum Gasteiger partial charge on any atom is -0.353 e. The lowest BCUT2D eigenvalue weighted by atomic mass is 9.67. The summed E-state index contributed by atoms with van der Waals surface area (Å²) in [5.74, 6) is 3.63. The molecule has 3 heteroatoms. The molecule has 7 atom stereocenters. The van der Waals surface area contributed by atoms with E-state index in [0.717, 1.165) is 37.5 Å². The molecule has 0 aromatic heterocycles. The summed E-state index contributed by atoms with van der Waals surface area (Å²) in [7, 11) is 0. The van der Waals surface area contributed by atoms with Crippen LogP contribution in [0.1, 0.15) is 64.7 Å². The number of hydrogen-bond acceptors (Lipinski definition) is 2. The van der Waals surface area contributed by atoms with Crippen LogP contribution in [0.2, 0.25) is 0 Å². The zero-order chi connectivity index (χ0) is 15.3. The van der Waals surface area contributed by atoms with Crippen LogP contribution in [-0.2, 0) is 9.59 Å². The molecule has 22 heavy (non-hydrogen) atoms. The summed E-state index contributed by atoms with van der Waals surface area (Å²) >= 11 is 0. The first kappa shape index (κ1) is 14.7. The second kappa shape index (κ2) is 5.65. The Morgan fingerprint density at radius 3 is 2.36 bits per heavy atom. The van der Waals surface area contributed by atoms with Gasteiger partial charge in [0.1, 0.15) is 5.78 Å². The average Bonchev–Trinajstić information content (AvgIpc) is 3.09. The normalized spacial score (nSPS) is 44.9. The van der Waals surface area contributed by atoms with Crippen molar-refractivity contribution < 1.29 is 9.59 Å². The highest BCUT2D eigenvalue weighted by Gasteiger charge is 2.44. The van der Waals surface area contributed by atoms with E-state index in [0.29, 0.717) is 17.7 Å². The molecule has 0 aromatic carbocycles. The summed E-state index contributed by atoms with van der Waals surface area (Å²) in [6.07, 6.45) is 10.3. The molecule has 1 amide bonds. The fourth-order valence-corrected chi connectivity index (χ4v) is 6.05. The molecule has 0 saturated heterocycles. The molecule has 3 nitrogen and oxygen atoms in total. The second-order valence-corrected chi connectivity index (χ2v) is 8.53. The molecule has 1 unspecified atom stereocenters. The Labute approximate surface area is 133 Å². The van der Waals surface area contributed by atoms with Gasteiger partial charge in [0.2, 0.25) is 5.91 Å². The Morgan fingerprint density at radius 1 is 1.05 bits per heavy atom. The molecule has 0 heterocycles. The largest absolute Gasteiger partial charge is 0.353 e. The number of rotatable bonds is 3. The van der Waals surface area contributed by atoms with E-state index in [2.05, 4.69) is 12.2 Å². The molecule has 4 aliphatic carbocycles. The van der Waals surface area contributed by atoms with E-state index < -0.39 is 0 Å². The lowest BCUT2D eigenvalue weighted by molar-refractivity contribution is -0.138. The van der Waals surface area contributed by atoms with Gasteiger partial charge in [-0.15, -0.1) is 0 Å². The van der Waals surface area contributed by atoms with Crippen molar-refractivity contribution in [1.82, 2.24) is 5.32 Å². The van der Waals surface area contributed by atoms with Crippen molar-refractivity contribution >= 4 is 11.7 Å². The third kappa shape index (κ3) is 2.51. The third-order valence-electron chi connectivity index (χ3n) is 7.22. The molecular formula is C19H29NO2. The van der Waals surface area contributed by atoms with E-state index in [1.165, 1.54) is 32.1 Å². The maximum absolute atomic E-state index is 12.7. The summed E-state index contributed by atoms with van der Waals surface area (Å²) in [5.41, 5.74) is 0. The van der Waals surface area contributed by atoms with Gasteiger partial charge in [-0.25, -0.2) is 0 Å². The SMILES string of the molecule is C[C@@H](NC(=O)C1C[C@H]2CCC[C@@H](C1)C2=O)[C@H]1C[C@H]2CC[C@H]1C2. The van der Waals surface area contributed by atoms with Crippen LogP contribution in [0.3, 0.4) is 0 Å². The Bertz CT molecular complexity index is 458. The highest BCUT2D eigenvalue weighted by atomic mass is 16.2. The molecule has 4 aliphatic rings. The number of nitrogens with one attached hydrogen (secondary N) is 1. The average molecular weight is 303 g/mol. The number of Topliss-reactive ketones (excluding diaryl/α,β-unsaturated/α-hetero) is 1. The van der Waals surface area contributed by atoms with Crippen LogP contribution in [0.5, 0.6) is 0 Å². The quantitative estimate of drug-likeness (QED) is 0.869. The first-order valence-corrected chi connectivity index (χ1v) is 9.46. The molecule has 4 bridgehead atoms. The maximum atomic E-state index is 12.7. The number of carbonyl (C=O) groups is 2. The lowest BCUT2D eigenvalue weighted by Crippen LogP contribution is -2.47. The molecule has 0 aromatic rings. The van der Waals surface area contributed by atoms with Gasteiger partial charge >= 0.3 is 0 Å². The van der Waals surface area contributed by atoms with Crippen molar-refractivity contribution in [2.75, 3.05) is 0 Å². The van der Waals surface area contributed by atoms with Crippen LogP contribution < -0.4 is 5.32 Å². The second-order valence-electron chi connectivity index (χ2n) is 8.53. The van der Waals surface area contributed by atoms with E-state index in [1.807, 2.05) is 0 Å². The van der Waals surface area contributed by atoms with Gasteiger partial charge in [0, 0.05) is 23.8 Å². The van der Waals surface area contributed by atoms with E-state index in [9.17, 15) is 9.59 Å². The molecular weight excluding hydrogens is 274 g/mol. The van der Waals surface area contributed by atoms with E-state index in [-0.39, 0.29) is 23.7 Å². The fourth-order valence-electron chi connectivity index (χ4n) is 6.05.